The topological polar surface area (TPSA) is 247 Å². The predicted molar refractivity (Wildman–Crippen MR) is 130 cm³/mol. The molecule has 0 aliphatic carbocycles. The van der Waals surface area contributed by atoms with Gasteiger partial charge in [0.05, 0.1) is 12.6 Å². The third-order valence-corrected chi connectivity index (χ3v) is 5.47. The van der Waals surface area contributed by atoms with Gasteiger partial charge in [-0.25, -0.2) is 4.79 Å². The Labute approximate surface area is 211 Å². The maximum atomic E-state index is 13.0. The van der Waals surface area contributed by atoms with Crippen LogP contribution in [0.3, 0.4) is 0 Å². The zero-order valence-electron chi connectivity index (χ0n) is 19.9. The highest BCUT2D eigenvalue weighted by Crippen LogP contribution is 2.19. The summed E-state index contributed by atoms with van der Waals surface area (Å²) in [7, 11) is 0. The van der Waals surface area contributed by atoms with Gasteiger partial charge >= 0.3 is 11.9 Å². The van der Waals surface area contributed by atoms with Crippen molar-refractivity contribution in [2.45, 2.75) is 50.2 Å². The van der Waals surface area contributed by atoms with E-state index in [-0.39, 0.29) is 25.7 Å². The third kappa shape index (κ3) is 9.25. The van der Waals surface area contributed by atoms with Crippen LogP contribution < -0.4 is 27.4 Å². The normalized spacial score (nSPS) is 13.2. The number of nitrogens with two attached hydrogens (primary N) is 2. The highest BCUT2D eigenvalue weighted by atomic mass is 16.4. The van der Waals surface area contributed by atoms with Crippen molar-refractivity contribution in [1.29, 1.82) is 0 Å². The minimum absolute atomic E-state index is 0.0126. The highest BCUT2D eigenvalue weighted by molar-refractivity contribution is 5.93. The molecule has 0 saturated carbocycles. The predicted octanol–water partition coefficient (Wildman–Crippen LogP) is -1.66. The number of nitrogens with one attached hydrogen (secondary N) is 4. The van der Waals surface area contributed by atoms with Gasteiger partial charge in [-0.15, -0.1) is 0 Å². The van der Waals surface area contributed by atoms with Crippen molar-refractivity contribution in [3.8, 4) is 0 Å². The number of amides is 4. The number of para-hydroxylation sites is 1. The van der Waals surface area contributed by atoms with Gasteiger partial charge in [0.1, 0.15) is 12.1 Å². The maximum absolute atomic E-state index is 13.0. The summed E-state index contributed by atoms with van der Waals surface area (Å²) in [5.41, 5.74) is 12.1. The van der Waals surface area contributed by atoms with Crippen molar-refractivity contribution in [3.63, 3.8) is 0 Å². The Bertz CT molecular complexity index is 1160. The standard InChI is InChI=1S/C23H30N6O8/c24-14(5-7-18(25)30)21(34)27-11-19(31)28-17(9-12-10-26-15-4-2-1-3-13(12)15)22(35)29-16(23(36)37)6-8-20(32)33/h1-4,10,14,16-17,26H,5-9,11,24H2,(H2,25,30)(H,27,34)(H,28,31)(H,29,35)(H,32,33)(H,36,37). The van der Waals surface area contributed by atoms with Crippen molar-refractivity contribution in [2.75, 3.05) is 6.54 Å². The molecule has 0 aliphatic heterocycles. The van der Waals surface area contributed by atoms with Gasteiger partial charge in [0.15, 0.2) is 0 Å². The molecular weight excluding hydrogens is 488 g/mol. The molecule has 0 saturated heterocycles. The van der Waals surface area contributed by atoms with Gasteiger partial charge in [-0.3, -0.25) is 24.0 Å². The van der Waals surface area contributed by atoms with Crippen LogP contribution in [0.15, 0.2) is 30.5 Å². The van der Waals surface area contributed by atoms with Crippen LogP contribution in [0.25, 0.3) is 10.9 Å². The van der Waals surface area contributed by atoms with E-state index in [4.69, 9.17) is 16.6 Å². The molecule has 2 aromatic rings. The zero-order chi connectivity index (χ0) is 27.5. The van der Waals surface area contributed by atoms with Crippen molar-refractivity contribution in [2.24, 2.45) is 11.5 Å². The van der Waals surface area contributed by atoms with Crippen LogP contribution >= 0.6 is 0 Å². The van der Waals surface area contributed by atoms with Gasteiger partial charge in [0.25, 0.3) is 0 Å². The lowest BCUT2D eigenvalue weighted by molar-refractivity contribution is -0.143. The van der Waals surface area contributed by atoms with Crippen molar-refractivity contribution in [1.82, 2.24) is 20.9 Å². The van der Waals surface area contributed by atoms with Gasteiger partial charge in [-0.2, -0.15) is 0 Å². The van der Waals surface area contributed by atoms with E-state index < -0.39 is 66.7 Å². The number of carbonyl (C=O) groups excluding carboxylic acids is 4. The summed E-state index contributed by atoms with van der Waals surface area (Å²) in [5.74, 6) is -5.59. The number of aliphatic carboxylic acids is 2. The van der Waals surface area contributed by atoms with E-state index in [1.165, 1.54) is 0 Å². The van der Waals surface area contributed by atoms with Gasteiger partial charge in [0.2, 0.25) is 23.6 Å². The molecule has 200 valence electrons. The largest absolute Gasteiger partial charge is 0.481 e. The fraction of sp³-hybridized carbons (Fsp3) is 0.391. The number of H-pyrrole nitrogens is 1. The molecule has 37 heavy (non-hydrogen) atoms. The fourth-order valence-electron chi connectivity index (χ4n) is 3.50. The third-order valence-electron chi connectivity index (χ3n) is 5.47. The SMILES string of the molecule is NC(=O)CCC(N)C(=O)NCC(=O)NC(Cc1c[nH]c2ccccc12)C(=O)NC(CCC(=O)O)C(=O)O. The first-order chi connectivity index (χ1) is 17.5. The van der Waals surface area contributed by atoms with E-state index in [0.717, 1.165) is 10.9 Å². The molecule has 1 aromatic heterocycles. The minimum atomic E-state index is -1.49. The Balaban J connectivity index is 2.12. The second kappa shape index (κ2) is 13.6. The van der Waals surface area contributed by atoms with Crippen LogP contribution in [0.1, 0.15) is 31.2 Å². The summed E-state index contributed by atoms with van der Waals surface area (Å²) >= 11 is 0. The van der Waals surface area contributed by atoms with Gasteiger partial charge in [-0.05, 0) is 24.5 Å². The van der Waals surface area contributed by atoms with Crippen LogP contribution in [-0.4, -0.2) is 75.4 Å². The molecule has 4 amide bonds. The maximum Gasteiger partial charge on any atom is 0.326 e. The van der Waals surface area contributed by atoms with E-state index in [0.29, 0.717) is 5.56 Å². The van der Waals surface area contributed by atoms with Crippen molar-refractivity contribution >= 4 is 46.5 Å². The van der Waals surface area contributed by atoms with Crippen molar-refractivity contribution < 1.29 is 39.0 Å². The summed E-state index contributed by atoms with van der Waals surface area (Å²) in [6, 6.07) is 3.40. The zero-order valence-corrected chi connectivity index (χ0v) is 19.9. The summed E-state index contributed by atoms with van der Waals surface area (Å²) in [4.78, 5) is 73.9. The molecule has 1 aromatic carbocycles. The Hall–Kier alpha value is -4.46. The minimum Gasteiger partial charge on any atom is -0.481 e. The van der Waals surface area contributed by atoms with Crippen molar-refractivity contribution in [3.05, 3.63) is 36.0 Å². The number of hydrogen-bond acceptors (Lipinski definition) is 7. The average Bonchev–Trinajstić information content (AvgIpc) is 3.25. The Kier molecular flexibility index (Phi) is 10.6. The first-order valence-corrected chi connectivity index (χ1v) is 11.4. The molecule has 1 heterocycles. The fourth-order valence-corrected chi connectivity index (χ4v) is 3.50. The summed E-state index contributed by atoms with van der Waals surface area (Å²) in [5, 5.41) is 26.1. The summed E-state index contributed by atoms with van der Waals surface area (Å²) < 4.78 is 0. The summed E-state index contributed by atoms with van der Waals surface area (Å²) in [6.07, 6.45) is 0.651. The molecule has 3 atom stereocenters. The van der Waals surface area contributed by atoms with Crippen LogP contribution in [0.5, 0.6) is 0 Å². The number of carboxylic acid groups (broad SMARTS) is 2. The number of aromatic amines is 1. The molecule has 0 fully saturated rings. The molecule has 3 unspecified atom stereocenters. The van der Waals surface area contributed by atoms with Gasteiger partial charge in [0, 0.05) is 36.4 Å². The van der Waals surface area contributed by atoms with E-state index in [9.17, 15) is 33.9 Å². The van der Waals surface area contributed by atoms with Crippen LogP contribution in [0.4, 0.5) is 0 Å². The van der Waals surface area contributed by atoms with E-state index >= 15 is 0 Å². The van der Waals surface area contributed by atoms with E-state index in [1.54, 1.807) is 18.3 Å². The Morgan fingerprint density at radius 2 is 1.62 bits per heavy atom. The number of fused-ring (bicyclic) bond motifs is 1. The number of primary amides is 1. The molecule has 0 aliphatic rings. The lowest BCUT2D eigenvalue weighted by Gasteiger charge is -2.21. The Morgan fingerprint density at radius 3 is 2.27 bits per heavy atom. The lowest BCUT2D eigenvalue weighted by atomic mass is 10.0. The number of benzene rings is 1. The first kappa shape index (κ1) is 28.8. The molecule has 0 bridgehead atoms. The Morgan fingerprint density at radius 1 is 0.919 bits per heavy atom. The van der Waals surface area contributed by atoms with Gasteiger partial charge in [-0.1, -0.05) is 18.2 Å². The molecule has 14 heteroatoms. The quantitative estimate of drug-likeness (QED) is 0.134. The average molecular weight is 519 g/mol. The molecular formula is C23H30N6O8. The van der Waals surface area contributed by atoms with E-state index in [1.807, 2.05) is 12.1 Å². The van der Waals surface area contributed by atoms with Crippen LogP contribution in [0.2, 0.25) is 0 Å². The van der Waals surface area contributed by atoms with Gasteiger partial charge < -0.3 is 42.6 Å². The second-order valence-corrected chi connectivity index (χ2v) is 8.34. The highest BCUT2D eigenvalue weighted by Gasteiger charge is 2.28. The molecule has 10 N–H and O–H groups in total. The second-order valence-electron chi connectivity index (χ2n) is 8.34. The molecule has 14 nitrogen and oxygen atoms in total. The number of hydrogen-bond donors (Lipinski definition) is 8. The summed E-state index contributed by atoms with van der Waals surface area (Å²) in [6.45, 7) is -0.540. The smallest absolute Gasteiger partial charge is 0.326 e. The number of aromatic nitrogens is 1. The van der Waals surface area contributed by atoms with E-state index in [2.05, 4.69) is 20.9 Å². The van der Waals surface area contributed by atoms with Crippen LogP contribution in [0, 0.1) is 0 Å². The van der Waals surface area contributed by atoms with Crippen LogP contribution in [-0.2, 0) is 35.2 Å². The monoisotopic (exact) mass is 518 g/mol. The number of carboxylic acids is 2. The first-order valence-electron chi connectivity index (χ1n) is 11.4. The lowest BCUT2D eigenvalue weighted by Crippen LogP contribution is -2.54. The number of carbonyl (C=O) groups is 6. The molecule has 0 spiro atoms. The number of rotatable bonds is 15. The molecule has 0 radical (unpaired) electrons. The molecule has 2 rings (SSSR count).